The summed E-state index contributed by atoms with van der Waals surface area (Å²) in [6.45, 7) is 0.984. The maximum atomic E-state index is 13.4. The molecule has 3 amide bonds. The Balaban J connectivity index is 1.54. The molecule has 1 atom stereocenters. The van der Waals surface area contributed by atoms with E-state index in [-0.39, 0.29) is 44.2 Å². The van der Waals surface area contributed by atoms with Crippen molar-refractivity contribution in [3.63, 3.8) is 0 Å². The van der Waals surface area contributed by atoms with E-state index in [1.54, 1.807) is 18.2 Å². The number of sulfonamides is 1. The number of halogens is 6. The number of nitrogens with zero attached hydrogens (tertiary/aromatic N) is 1. The second kappa shape index (κ2) is 11.7. The lowest BCUT2D eigenvalue weighted by molar-refractivity contribution is -0.143. The number of ether oxygens (including phenoxy) is 1. The topological polar surface area (TPSA) is 105 Å². The molecule has 0 aromatic heterocycles. The molecule has 2 aliphatic rings. The van der Waals surface area contributed by atoms with Crippen molar-refractivity contribution in [1.29, 1.82) is 0 Å². The molecule has 4 rings (SSSR count). The summed E-state index contributed by atoms with van der Waals surface area (Å²) >= 11 is 0. The predicted octanol–water partition coefficient (Wildman–Crippen LogP) is 5.15. The van der Waals surface area contributed by atoms with Gasteiger partial charge in [-0.25, -0.2) is 17.9 Å². The van der Waals surface area contributed by atoms with E-state index in [0.29, 0.717) is 25.0 Å². The SMILES string of the molecule is CC(OCC1(c2ccccc2)CCC2(CC1)NC(=O)N(CCNS(C)(=O)=O)C2=O)c1cc(C(F)(F)F)cc(C(F)(F)F)c1. The van der Waals surface area contributed by atoms with E-state index >= 15 is 0 Å². The molecule has 2 N–H and O–H groups in total. The van der Waals surface area contributed by atoms with Crippen LogP contribution in [-0.4, -0.2) is 56.7 Å². The molecule has 2 aromatic carbocycles. The van der Waals surface area contributed by atoms with E-state index in [1.165, 1.54) is 6.92 Å². The summed E-state index contributed by atoms with van der Waals surface area (Å²) in [6, 6.07) is 9.72. The van der Waals surface area contributed by atoms with Crippen LogP contribution in [0.1, 0.15) is 61.0 Å². The van der Waals surface area contributed by atoms with Gasteiger partial charge in [0.1, 0.15) is 5.54 Å². The third-order valence-corrected chi connectivity index (χ3v) is 8.81. The Labute approximate surface area is 244 Å². The van der Waals surface area contributed by atoms with Gasteiger partial charge < -0.3 is 10.1 Å². The zero-order valence-electron chi connectivity index (χ0n) is 23.3. The van der Waals surface area contributed by atoms with Crippen LogP contribution in [0.2, 0.25) is 0 Å². The minimum absolute atomic E-state index is 0.0652. The summed E-state index contributed by atoms with van der Waals surface area (Å²) in [5.41, 5.74) is -4.33. The number of carbonyl (C=O) groups excluding carboxylic acids is 2. The first-order chi connectivity index (χ1) is 19.9. The zero-order valence-corrected chi connectivity index (χ0v) is 24.1. The summed E-state index contributed by atoms with van der Waals surface area (Å²) < 4.78 is 111. The molecule has 1 heterocycles. The first kappa shape index (κ1) is 32.7. The molecule has 2 aromatic rings. The summed E-state index contributed by atoms with van der Waals surface area (Å²) in [4.78, 5) is 26.9. The van der Waals surface area contributed by atoms with Gasteiger partial charge in [0, 0.05) is 18.5 Å². The minimum atomic E-state index is -4.99. The van der Waals surface area contributed by atoms with Gasteiger partial charge in [-0.15, -0.1) is 0 Å². The molecule has 43 heavy (non-hydrogen) atoms. The van der Waals surface area contributed by atoms with Gasteiger partial charge in [-0.05, 0) is 61.9 Å². The number of alkyl halides is 6. The Kier molecular flexibility index (Phi) is 8.93. The molecule has 1 saturated heterocycles. The van der Waals surface area contributed by atoms with Gasteiger partial charge in [0.05, 0.1) is 30.1 Å². The van der Waals surface area contributed by atoms with Gasteiger partial charge in [-0.3, -0.25) is 9.69 Å². The van der Waals surface area contributed by atoms with Gasteiger partial charge in [0.25, 0.3) is 5.91 Å². The molecule has 0 radical (unpaired) electrons. The average molecular weight is 636 g/mol. The standard InChI is InChI=1S/C28H31F6N3O5S/c1-18(19-14-21(27(29,30)31)16-22(15-19)28(32,33)34)42-17-25(20-6-4-3-5-7-20)8-10-26(11-9-25)23(38)37(24(39)36-26)13-12-35-43(2,40)41/h3-7,14-16,18,35H,8-13,17H2,1-2H3,(H,36,39). The van der Waals surface area contributed by atoms with Gasteiger partial charge >= 0.3 is 18.4 Å². The second-order valence-corrected chi connectivity index (χ2v) is 12.9. The number of imide groups is 1. The van der Waals surface area contributed by atoms with Gasteiger partial charge in [-0.2, -0.15) is 26.3 Å². The van der Waals surface area contributed by atoms with Crippen LogP contribution in [0.3, 0.4) is 0 Å². The molecule has 1 aliphatic carbocycles. The highest BCUT2D eigenvalue weighted by Gasteiger charge is 2.55. The van der Waals surface area contributed by atoms with E-state index in [1.807, 2.05) is 12.1 Å². The number of nitrogens with one attached hydrogen (secondary N) is 2. The highest BCUT2D eigenvalue weighted by atomic mass is 32.2. The fourth-order valence-corrected chi connectivity index (χ4v) is 6.08. The molecule has 1 spiro atoms. The third kappa shape index (κ3) is 7.32. The van der Waals surface area contributed by atoms with Gasteiger partial charge in [0.2, 0.25) is 10.0 Å². The monoisotopic (exact) mass is 635 g/mol. The van der Waals surface area contributed by atoms with E-state index in [4.69, 9.17) is 4.74 Å². The van der Waals surface area contributed by atoms with E-state index < -0.39 is 62.5 Å². The molecule has 8 nitrogen and oxygen atoms in total. The average Bonchev–Trinajstić information content (AvgIpc) is 3.15. The largest absolute Gasteiger partial charge is 0.416 e. The maximum Gasteiger partial charge on any atom is 0.416 e. The fraction of sp³-hybridized carbons (Fsp3) is 0.500. The van der Waals surface area contributed by atoms with E-state index in [0.717, 1.165) is 16.7 Å². The van der Waals surface area contributed by atoms with Crippen LogP contribution in [0.15, 0.2) is 48.5 Å². The van der Waals surface area contributed by atoms with Crippen molar-refractivity contribution in [3.05, 3.63) is 70.8 Å². The van der Waals surface area contributed by atoms with Crippen molar-refractivity contribution in [2.45, 2.75) is 62.0 Å². The minimum Gasteiger partial charge on any atom is -0.373 e. The molecule has 1 aliphatic heterocycles. The van der Waals surface area contributed by atoms with Gasteiger partial charge in [0.15, 0.2) is 0 Å². The molecule has 1 unspecified atom stereocenters. The lowest BCUT2D eigenvalue weighted by Crippen LogP contribution is -2.53. The third-order valence-electron chi connectivity index (χ3n) is 8.08. The van der Waals surface area contributed by atoms with Crippen LogP contribution in [0.25, 0.3) is 0 Å². The molecule has 15 heteroatoms. The van der Waals surface area contributed by atoms with Crippen LogP contribution in [0.4, 0.5) is 31.1 Å². The Morgan fingerprint density at radius 3 is 2.02 bits per heavy atom. The fourth-order valence-electron chi connectivity index (χ4n) is 5.62. The summed E-state index contributed by atoms with van der Waals surface area (Å²) in [7, 11) is -3.53. The zero-order chi connectivity index (χ0) is 31.8. The van der Waals surface area contributed by atoms with Crippen LogP contribution in [0, 0.1) is 0 Å². The number of rotatable bonds is 9. The Hall–Kier alpha value is -3.17. The van der Waals surface area contributed by atoms with Crippen molar-refractivity contribution in [2.24, 2.45) is 0 Å². The van der Waals surface area contributed by atoms with Crippen molar-refractivity contribution in [3.8, 4) is 0 Å². The smallest absolute Gasteiger partial charge is 0.373 e. The Bertz CT molecular complexity index is 1420. The lowest BCUT2D eigenvalue weighted by Gasteiger charge is -2.44. The van der Waals surface area contributed by atoms with Crippen molar-refractivity contribution < 1.29 is 49.1 Å². The Morgan fingerprint density at radius 1 is 0.953 bits per heavy atom. The van der Waals surface area contributed by atoms with Crippen LogP contribution in [-0.2, 0) is 37.3 Å². The molecule has 2 fully saturated rings. The maximum absolute atomic E-state index is 13.4. The summed E-state index contributed by atoms with van der Waals surface area (Å²) in [5.74, 6) is -0.493. The molecular formula is C28H31F6N3O5S. The van der Waals surface area contributed by atoms with E-state index in [2.05, 4.69) is 10.0 Å². The normalized spacial score (nSPS) is 24.0. The highest BCUT2D eigenvalue weighted by Crippen LogP contribution is 2.46. The van der Waals surface area contributed by atoms with Crippen LogP contribution >= 0.6 is 0 Å². The number of carbonyl (C=O) groups is 2. The molecular weight excluding hydrogens is 604 g/mol. The lowest BCUT2D eigenvalue weighted by atomic mass is 9.64. The number of amides is 3. The highest BCUT2D eigenvalue weighted by molar-refractivity contribution is 7.88. The number of hydrogen-bond donors (Lipinski definition) is 2. The van der Waals surface area contributed by atoms with Crippen LogP contribution in [0.5, 0.6) is 0 Å². The van der Waals surface area contributed by atoms with E-state index in [9.17, 15) is 44.3 Å². The molecule has 1 saturated carbocycles. The van der Waals surface area contributed by atoms with Crippen molar-refractivity contribution >= 4 is 22.0 Å². The number of hydrogen-bond acceptors (Lipinski definition) is 5. The first-order valence-corrected chi connectivity index (χ1v) is 15.3. The van der Waals surface area contributed by atoms with Crippen molar-refractivity contribution in [1.82, 2.24) is 14.9 Å². The quantitative estimate of drug-likeness (QED) is 0.293. The summed E-state index contributed by atoms with van der Waals surface area (Å²) in [5, 5.41) is 2.74. The predicted molar refractivity (Wildman–Crippen MR) is 143 cm³/mol. The Morgan fingerprint density at radius 2 is 1.51 bits per heavy atom. The number of urea groups is 1. The first-order valence-electron chi connectivity index (χ1n) is 13.4. The number of benzene rings is 2. The van der Waals surface area contributed by atoms with Gasteiger partial charge in [-0.1, -0.05) is 30.3 Å². The van der Waals surface area contributed by atoms with Crippen molar-refractivity contribution in [2.75, 3.05) is 26.0 Å². The van der Waals surface area contributed by atoms with Crippen LogP contribution < -0.4 is 10.0 Å². The molecule has 0 bridgehead atoms. The summed E-state index contributed by atoms with van der Waals surface area (Å²) in [6.07, 6.45) is -9.19. The molecule has 236 valence electrons. The second-order valence-electron chi connectivity index (χ2n) is 11.1.